The summed E-state index contributed by atoms with van der Waals surface area (Å²) in [4.78, 5) is 2.20. The van der Waals surface area contributed by atoms with Gasteiger partial charge >= 0.3 is 0 Å². The van der Waals surface area contributed by atoms with E-state index < -0.39 is 0 Å². The third kappa shape index (κ3) is 1.96. The minimum atomic E-state index is 0.0881. The molecule has 12 heavy (non-hydrogen) atoms. The second-order valence-electron chi connectivity index (χ2n) is 3.19. The van der Waals surface area contributed by atoms with Gasteiger partial charge in [-0.15, -0.1) is 0 Å². The van der Waals surface area contributed by atoms with Crippen molar-refractivity contribution < 1.29 is 4.74 Å². The third-order valence-electron chi connectivity index (χ3n) is 2.49. The highest BCUT2D eigenvalue weighted by molar-refractivity contribution is 4.94. The molecule has 0 bridgehead atoms. The average Bonchev–Trinajstić information content (AvgIpc) is 2.55. The molecule has 0 aromatic carbocycles. The molecule has 0 amide bonds. The molecule has 1 unspecified atom stereocenters. The van der Waals surface area contributed by atoms with E-state index in [0.29, 0.717) is 6.10 Å². The largest absolute Gasteiger partial charge is 0.380 e. The summed E-state index contributed by atoms with van der Waals surface area (Å²) in [6.45, 7) is 3.97. The summed E-state index contributed by atoms with van der Waals surface area (Å²) in [5, 5.41) is 8.81. The van der Waals surface area contributed by atoms with Gasteiger partial charge in [0.2, 0.25) is 0 Å². The monoisotopic (exact) mass is 168 g/mol. The average molecular weight is 168 g/mol. The van der Waals surface area contributed by atoms with Gasteiger partial charge in [-0.05, 0) is 12.8 Å². The molecule has 1 fully saturated rings. The van der Waals surface area contributed by atoms with Crippen LogP contribution < -0.4 is 0 Å². The fourth-order valence-corrected chi connectivity index (χ4v) is 1.66. The number of nitrogens with zero attached hydrogens (tertiary/aromatic N) is 2. The molecule has 2 atom stereocenters. The molecule has 0 saturated carbocycles. The first-order chi connectivity index (χ1) is 5.81. The van der Waals surface area contributed by atoms with Gasteiger partial charge < -0.3 is 4.74 Å². The van der Waals surface area contributed by atoms with E-state index in [2.05, 4.69) is 11.0 Å². The van der Waals surface area contributed by atoms with Crippen LogP contribution in [-0.4, -0.2) is 37.2 Å². The van der Waals surface area contributed by atoms with Gasteiger partial charge in [0, 0.05) is 20.2 Å². The first-order valence-electron chi connectivity index (χ1n) is 4.48. The fourth-order valence-electron chi connectivity index (χ4n) is 1.66. The Hall–Kier alpha value is -0.590. The SMILES string of the molecule is CCC(C#N)N1CC[C@@H](OC)C1. The smallest absolute Gasteiger partial charge is 0.0976 e. The normalized spacial score (nSPS) is 26.9. The summed E-state index contributed by atoms with van der Waals surface area (Å²) in [5.41, 5.74) is 0. The van der Waals surface area contributed by atoms with Crippen LogP contribution in [0.4, 0.5) is 0 Å². The van der Waals surface area contributed by atoms with Crippen molar-refractivity contribution >= 4 is 0 Å². The zero-order valence-electron chi connectivity index (χ0n) is 7.79. The molecule has 1 aliphatic heterocycles. The molecule has 3 heteroatoms. The van der Waals surface area contributed by atoms with Crippen molar-refractivity contribution in [3.05, 3.63) is 0 Å². The highest BCUT2D eigenvalue weighted by Crippen LogP contribution is 2.15. The highest BCUT2D eigenvalue weighted by atomic mass is 16.5. The van der Waals surface area contributed by atoms with Crippen molar-refractivity contribution in [2.75, 3.05) is 20.2 Å². The van der Waals surface area contributed by atoms with Gasteiger partial charge in [0.15, 0.2) is 0 Å². The van der Waals surface area contributed by atoms with Gasteiger partial charge in [-0.1, -0.05) is 6.92 Å². The quantitative estimate of drug-likeness (QED) is 0.631. The molecule has 1 saturated heterocycles. The first-order valence-corrected chi connectivity index (χ1v) is 4.48. The second kappa shape index (κ2) is 4.44. The lowest BCUT2D eigenvalue weighted by molar-refractivity contribution is 0.104. The van der Waals surface area contributed by atoms with Crippen LogP contribution in [0.5, 0.6) is 0 Å². The van der Waals surface area contributed by atoms with E-state index in [4.69, 9.17) is 10.00 Å². The van der Waals surface area contributed by atoms with Crippen LogP contribution in [0.3, 0.4) is 0 Å². The molecule has 3 nitrogen and oxygen atoms in total. The topological polar surface area (TPSA) is 36.3 Å². The molecule has 0 aromatic rings. The summed E-state index contributed by atoms with van der Waals surface area (Å²) < 4.78 is 5.23. The van der Waals surface area contributed by atoms with Crippen LogP contribution in [0.15, 0.2) is 0 Å². The number of hydrogen-bond donors (Lipinski definition) is 0. The van der Waals surface area contributed by atoms with Crippen molar-refractivity contribution in [2.45, 2.75) is 31.9 Å². The van der Waals surface area contributed by atoms with E-state index in [1.807, 2.05) is 6.92 Å². The number of rotatable bonds is 3. The minimum Gasteiger partial charge on any atom is -0.380 e. The third-order valence-corrected chi connectivity index (χ3v) is 2.49. The van der Waals surface area contributed by atoms with Gasteiger partial charge in [-0.3, -0.25) is 4.90 Å². The van der Waals surface area contributed by atoms with E-state index in [9.17, 15) is 0 Å². The Bertz CT molecular complexity index is 176. The Morgan fingerprint density at radius 1 is 1.75 bits per heavy atom. The van der Waals surface area contributed by atoms with Crippen LogP contribution in [-0.2, 0) is 4.74 Å². The second-order valence-corrected chi connectivity index (χ2v) is 3.19. The number of methoxy groups -OCH3 is 1. The van der Waals surface area contributed by atoms with Gasteiger partial charge in [-0.25, -0.2) is 0 Å². The number of hydrogen-bond acceptors (Lipinski definition) is 3. The zero-order chi connectivity index (χ0) is 8.97. The molecule has 1 aliphatic rings. The molecule has 1 rings (SSSR count). The highest BCUT2D eigenvalue weighted by Gasteiger charge is 2.26. The van der Waals surface area contributed by atoms with Crippen LogP contribution in [0.25, 0.3) is 0 Å². The molecule has 0 N–H and O–H groups in total. The van der Waals surface area contributed by atoms with Crippen LogP contribution in [0.1, 0.15) is 19.8 Å². The van der Waals surface area contributed by atoms with Gasteiger partial charge in [0.1, 0.15) is 0 Å². The zero-order valence-corrected chi connectivity index (χ0v) is 7.79. The number of likely N-dealkylation sites (tertiary alicyclic amines) is 1. The molecule has 0 aliphatic carbocycles. The maximum absolute atomic E-state index is 8.81. The first kappa shape index (κ1) is 9.50. The predicted molar refractivity (Wildman–Crippen MR) is 46.7 cm³/mol. The van der Waals surface area contributed by atoms with Crippen molar-refractivity contribution in [3.63, 3.8) is 0 Å². The Kier molecular flexibility index (Phi) is 3.51. The molecular formula is C9H16N2O. The van der Waals surface area contributed by atoms with Gasteiger partial charge in [0.05, 0.1) is 18.2 Å². The summed E-state index contributed by atoms with van der Waals surface area (Å²) >= 11 is 0. The summed E-state index contributed by atoms with van der Waals surface area (Å²) in [6, 6.07) is 2.40. The summed E-state index contributed by atoms with van der Waals surface area (Å²) in [5.74, 6) is 0. The fraction of sp³-hybridized carbons (Fsp3) is 0.889. The number of ether oxygens (including phenoxy) is 1. The van der Waals surface area contributed by atoms with Crippen molar-refractivity contribution in [3.8, 4) is 6.07 Å². The lowest BCUT2D eigenvalue weighted by atomic mass is 10.2. The van der Waals surface area contributed by atoms with Gasteiger partial charge in [0.25, 0.3) is 0 Å². The Labute approximate surface area is 73.9 Å². The minimum absolute atomic E-state index is 0.0881. The van der Waals surface area contributed by atoms with Crippen molar-refractivity contribution in [2.24, 2.45) is 0 Å². The lowest BCUT2D eigenvalue weighted by Crippen LogP contribution is -2.32. The van der Waals surface area contributed by atoms with E-state index in [1.54, 1.807) is 7.11 Å². The molecular weight excluding hydrogens is 152 g/mol. The number of nitriles is 1. The summed E-state index contributed by atoms with van der Waals surface area (Å²) in [7, 11) is 1.74. The van der Waals surface area contributed by atoms with Crippen LogP contribution in [0, 0.1) is 11.3 Å². The Morgan fingerprint density at radius 2 is 2.50 bits per heavy atom. The Balaban J connectivity index is 2.40. The molecule has 0 radical (unpaired) electrons. The lowest BCUT2D eigenvalue weighted by Gasteiger charge is -2.19. The standard InChI is InChI=1S/C9H16N2O/c1-3-8(6-10)11-5-4-9(7-11)12-2/h8-9H,3-5,7H2,1-2H3/t8?,9-/m1/s1. The summed E-state index contributed by atoms with van der Waals surface area (Å²) in [6.07, 6.45) is 2.31. The molecule has 68 valence electrons. The maximum atomic E-state index is 8.81. The van der Waals surface area contributed by atoms with Crippen LogP contribution >= 0.6 is 0 Å². The molecule has 0 spiro atoms. The Morgan fingerprint density at radius 3 is 2.92 bits per heavy atom. The molecule has 1 heterocycles. The van der Waals surface area contributed by atoms with Crippen LogP contribution in [0.2, 0.25) is 0 Å². The van der Waals surface area contributed by atoms with E-state index in [-0.39, 0.29) is 6.04 Å². The van der Waals surface area contributed by atoms with E-state index >= 15 is 0 Å². The van der Waals surface area contributed by atoms with E-state index in [0.717, 1.165) is 25.9 Å². The van der Waals surface area contributed by atoms with Gasteiger partial charge in [-0.2, -0.15) is 5.26 Å². The van der Waals surface area contributed by atoms with Crippen molar-refractivity contribution in [1.82, 2.24) is 4.90 Å². The molecule has 0 aromatic heterocycles. The van der Waals surface area contributed by atoms with Crippen molar-refractivity contribution in [1.29, 1.82) is 5.26 Å². The maximum Gasteiger partial charge on any atom is 0.0976 e. The van der Waals surface area contributed by atoms with E-state index in [1.165, 1.54) is 0 Å². The predicted octanol–water partition coefficient (Wildman–Crippen LogP) is 1.01.